The first-order valence-electron chi connectivity index (χ1n) is 10.3. The summed E-state index contributed by atoms with van der Waals surface area (Å²) in [7, 11) is -0.644. The fraction of sp³-hybridized carbons (Fsp3) is 0.348. The second-order valence-corrected chi connectivity index (χ2v) is 9.38. The van der Waals surface area contributed by atoms with E-state index in [1.54, 1.807) is 31.4 Å². The molecular weight excluding hydrogens is 446 g/mol. The van der Waals surface area contributed by atoms with Crippen LogP contribution in [0, 0.1) is 11.8 Å². The van der Waals surface area contributed by atoms with Gasteiger partial charge in [-0.15, -0.1) is 0 Å². The molecule has 0 saturated carbocycles. The highest BCUT2D eigenvalue weighted by atomic mass is 32.2. The van der Waals surface area contributed by atoms with E-state index in [2.05, 4.69) is 16.7 Å². The zero-order valence-electron chi connectivity index (χ0n) is 18.5. The molecule has 1 saturated heterocycles. The number of methoxy groups -OCH3 is 2. The number of anilines is 1. The Morgan fingerprint density at radius 3 is 2.33 bits per heavy atom. The second kappa shape index (κ2) is 11.0. The maximum atomic E-state index is 13.0. The Morgan fingerprint density at radius 2 is 1.73 bits per heavy atom. The lowest BCUT2D eigenvalue weighted by atomic mass is 10.2. The van der Waals surface area contributed by atoms with Crippen LogP contribution in [0.5, 0.6) is 11.5 Å². The van der Waals surface area contributed by atoms with Crippen molar-refractivity contribution in [2.24, 2.45) is 0 Å². The highest BCUT2D eigenvalue weighted by Gasteiger charge is 2.31. The smallest absolute Gasteiger partial charge is 0.234 e. The van der Waals surface area contributed by atoms with Gasteiger partial charge in [-0.05, 0) is 42.5 Å². The van der Waals surface area contributed by atoms with Gasteiger partial charge in [0, 0.05) is 37.4 Å². The van der Waals surface area contributed by atoms with E-state index in [0.717, 1.165) is 11.4 Å². The van der Waals surface area contributed by atoms with Crippen molar-refractivity contribution in [1.29, 1.82) is 0 Å². The molecule has 176 valence electrons. The van der Waals surface area contributed by atoms with Gasteiger partial charge in [0.05, 0.1) is 20.0 Å². The summed E-state index contributed by atoms with van der Waals surface area (Å²) in [6.07, 6.45) is 0.155. The van der Waals surface area contributed by atoms with Crippen molar-refractivity contribution in [3.8, 4) is 23.3 Å². The summed E-state index contributed by atoms with van der Waals surface area (Å²) in [6.45, 7) is 1.61. The van der Waals surface area contributed by atoms with Crippen LogP contribution in [0.25, 0.3) is 0 Å². The van der Waals surface area contributed by atoms with E-state index in [9.17, 15) is 18.4 Å². The van der Waals surface area contributed by atoms with Crippen LogP contribution in [-0.4, -0.2) is 81.6 Å². The number of piperazine rings is 1. The third kappa shape index (κ3) is 6.38. The Balaban J connectivity index is 1.67. The number of sulfonamides is 1. The van der Waals surface area contributed by atoms with Crippen LogP contribution in [-0.2, 0) is 14.8 Å². The van der Waals surface area contributed by atoms with Crippen LogP contribution in [0.1, 0.15) is 5.56 Å². The fourth-order valence-corrected chi connectivity index (χ4v) is 5.01. The Hall–Kier alpha value is -3.26. The minimum atomic E-state index is -3.77. The third-order valence-corrected chi connectivity index (χ3v) is 7.21. The lowest BCUT2D eigenvalue weighted by molar-refractivity contribution is -0.153. The average molecular weight is 474 g/mol. The van der Waals surface area contributed by atoms with Gasteiger partial charge in [-0.2, -0.15) is 4.31 Å². The third-order valence-electron chi connectivity index (χ3n) is 5.32. The molecule has 1 heterocycles. The zero-order chi connectivity index (χ0) is 23.8. The number of rotatable bonds is 8. The van der Waals surface area contributed by atoms with Gasteiger partial charge in [-0.3, -0.25) is 10.0 Å². The highest BCUT2D eigenvalue weighted by Crippen LogP contribution is 2.21. The van der Waals surface area contributed by atoms with Crippen LogP contribution in [0.2, 0.25) is 0 Å². The van der Waals surface area contributed by atoms with E-state index in [1.807, 2.05) is 24.3 Å². The number of amides is 1. The normalized spacial score (nSPS) is 15.2. The molecule has 0 bridgehead atoms. The van der Waals surface area contributed by atoms with Crippen molar-refractivity contribution in [2.45, 2.75) is 6.04 Å². The number of carbonyl (C=O) groups is 1. The zero-order valence-corrected chi connectivity index (χ0v) is 19.4. The molecular formula is C23H27N3O6S. The van der Waals surface area contributed by atoms with Gasteiger partial charge in [-0.25, -0.2) is 13.5 Å². The molecule has 1 N–H and O–H groups in total. The molecule has 1 aliphatic rings. The first kappa shape index (κ1) is 24.4. The molecule has 0 aromatic heterocycles. The molecule has 9 nitrogen and oxygen atoms in total. The van der Waals surface area contributed by atoms with E-state index < -0.39 is 21.8 Å². The maximum absolute atomic E-state index is 13.0. The molecule has 33 heavy (non-hydrogen) atoms. The van der Waals surface area contributed by atoms with Crippen molar-refractivity contribution >= 4 is 22.1 Å². The molecule has 0 spiro atoms. The summed E-state index contributed by atoms with van der Waals surface area (Å²) in [5, 5.41) is 10.2. The summed E-state index contributed by atoms with van der Waals surface area (Å²) < 4.78 is 37.7. The lowest BCUT2D eigenvalue weighted by Gasteiger charge is -2.36. The number of hydrogen-bond acceptors (Lipinski definition) is 7. The summed E-state index contributed by atoms with van der Waals surface area (Å²) in [4.78, 5) is 13.2. The van der Waals surface area contributed by atoms with Crippen molar-refractivity contribution in [2.75, 3.05) is 51.1 Å². The highest BCUT2D eigenvalue weighted by molar-refractivity contribution is 7.89. The predicted molar refractivity (Wildman–Crippen MR) is 124 cm³/mol. The van der Waals surface area contributed by atoms with Gasteiger partial charge < -0.3 is 14.4 Å². The Morgan fingerprint density at radius 1 is 1.06 bits per heavy atom. The summed E-state index contributed by atoms with van der Waals surface area (Å²) >= 11 is 0. The lowest BCUT2D eigenvalue weighted by Crippen LogP contribution is -2.51. The van der Waals surface area contributed by atoms with Crippen molar-refractivity contribution < 1.29 is 27.9 Å². The van der Waals surface area contributed by atoms with Crippen LogP contribution >= 0.6 is 0 Å². The Kier molecular flexibility index (Phi) is 8.16. The quantitative estimate of drug-likeness (QED) is 0.268. The van der Waals surface area contributed by atoms with Gasteiger partial charge in [0.25, 0.3) is 0 Å². The topological polar surface area (TPSA) is 99.6 Å². The van der Waals surface area contributed by atoms with E-state index in [1.165, 1.54) is 11.4 Å². The molecule has 0 radical (unpaired) electrons. The molecule has 2 aromatic carbocycles. The summed E-state index contributed by atoms with van der Waals surface area (Å²) in [5.74, 6) is 6.33. The van der Waals surface area contributed by atoms with Crippen LogP contribution < -0.4 is 14.4 Å². The predicted octanol–water partition coefficient (Wildman–Crippen LogP) is 1.42. The second-order valence-electron chi connectivity index (χ2n) is 7.37. The number of benzene rings is 2. The standard InChI is InChI=1S/C23H27N3O6S/c1-31-22-10-8-20(9-11-22)24-12-14-25(15-13-24)33(29,30)17-21(26(28)18-27)7-6-19-4-3-5-23(16-19)32-2/h3-5,8-11,16,18,21,28H,12-15,17H2,1-2H3. The number of hydroxylamine groups is 2. The monoisotopic (exact) mass is 473 g/mol. The van der Waals surface area contributed by atoms with Gasteiger partial charge in [-0.1, -0.05) is 17.9 Å². The Labute approximate surface area is 194 Å². The van der Waals surface area contributed by atoms with E-state index in [4.69, 9.17) is 9.47 Å². The molecule has 1 amide bonds. The van der Waals surface area contributed by atoms with Gasteiger partial charge in [0.1, 0.15) is 17.5 Å². The first-order valence-corrected chi connectivity index (χ1v) is 11.9. The maximum Gasteiger partial charge on any atom is 0.234 e. The minimum absolute atomic E-state index is 0.155. The van der Waals surface area contributed by atoms with Gasteiger partial charge in [0.15, 0.2) is 0 Å². The largest absolute Gasteiger partial charge is 0.497 e. The SMILES string of the molecule is COc1ccc(N2CCN(S(=O)(=O)CC(C#Cc3cccc(OC)c3)N(O)C=O)CC2)cc1. The Bertz CT molecular complexity index is 1100. The number of nitrogens with zero attached hydrogens (tertiary/aromatic N) is 3. The van der Waals surface area contributed by atoms with Gasteiger partial charge in [0.2, 0.25) is 16.4 Å². The fourth-order valence-electron chi connectivity index (χ4n) is 3.45. The molecule has 2 aromatic rings. The average Bonchev–Trinajstić information content (AvgIpc) is 2.86. The molecule has 0 aliphatic carbocycles. The molecule has 1 fully saturated rings. The molecule has 3 rings (SSSR count). The van der Waals surface area contributed by atoms with Crippen LogP contribution in [0.15, 0.2) is 48.5 Å². The molecule has 1 aliphatic heterocycles. The van der Waals surface area contributed by atoms with Crippen LogP contribution in [0.4, 0.5) is 5.69 Å². The number of hydrogen-bond donors (Lipinski definition) is 1. The first-order chi connectivity index (χ1) is 15.9. The molecule has 10 heteroatoms. The number of ether oxygens (including phenoxy) is 2. The molecule has 1 atom stereocenters. The van der Waals surface area contributed by atoms with Crippen molar-refractivity contribution in [3.05, 3.63) is 54.1 Å². The van der Waals surface area contributed by atoms with Crippen molar-refractivity contribution in [1.82, 2.24) is 9.37 Å². The van der Waals surface area contributed by atoms with Crippen LogP contribution in [0.3, 0.4) is 0 Å². The molecule has 1 unspecified atom stereocenters. The van der Waals surface area contributed by atoms with E-state index in [0.29, 0.717) is 29.5 Å². The number of carbonyl (C=O) groups excluding carboxylic acids is 1. The van der Waals surface area contributed by atoms with E-state index in [-0.39, 0.29) is 19.5 Å². The van der Waals surface area contributed by atoms with E-state index >= 15 is 0 Å². The summed E-state index contributed by atoms with van der Waals surface area (Å²) in [6, 6.07) is 13.3. The summed E-state index contributed by atoms with van der Waals surface area (Å²) in [5.41, 5.74) is 1.56. The minimum Gasteiger partial charge on any atom is -0.497 e. The van der Waals surface area contributed by atoms with Crippen molar-refractivity contribution in [3.63, 3.8) is 0 Å². The van der Waals surface area contributed by atoms with Gasteiger partial charge >= 0.3 is 0 Å².